The number of carbonyl (C=O) groups excluding carboxylic acids is 1. The standard InChI is InChI=1S/C12H23O.C7H12N3.Y/c1-9(8-11(2,3)4)10(13)12(5,6)7;1-3-4-5-10-6-7(2)8-9-10;/h9H,1,8H2,2-7H3;6H,2-5H2,1H3;/q2*-1;. The van der Waals surface area contributed by atoms with E-state index in [4.69, 9.17) is 0 Å². The number of hydrogen-bond donors (Lipinski definition) is 0. The minimum Gasteiger partial charge on any atom is -0.333 e. The quantitative estimate of drug-likeness (QED) is 0.659. The first-order valence-corrected chi connectivity index (χ1v) is 8.46. The van der Waals surface area contributed by atoms with Crippen molar-refractivity contribution in [2.75, 3.05) is 0 Å². The summed E-state index contributed by atoms with van der Waals surface area (Å²) in [4.78, 5) is 11.8. The summed E-state index contributed by atoms with van der Waals surface area (Å²) in [6.45, 7) is 23.0. The van der Waals surface area contributed by atoms with Crippen LogP contribution < -0.4 is 0 Å². The van der Waals surface area contributed by atoms with Crippen LogP contribution in [0.2, 0.25) is 0 Å². The number of carbonyl (C=O) groups is 1. The van der Waals surface area contributed by atoms with Crippen molar-refractivity contribution in [2.45, 2.75) is 74.3 Å². The Morgan fingerprint density at radius 2 is 1.79 bits per heavy atom. The Morgan fingerprint density at radius 1 is 1.25 bits per heavy atom. The number of hydrogen-bond acceptors (Lipinski definition) is 3. The molecule has 1 atom stereocenters. The zero-order valence-corrected chi connectivity index (χ0v) is 19.6. The van der Waals surface area contributed by atoms with Gasteiger partial charge in [0.15, 0.2) is 0 Å². The zero-order valence-electron chi connectivity index (χ0n) is 16.7. The van der Waals surface area contributed by atoms with Crippen molar-refractivity contribution in [1.29, 1.82) is 0 Å². The van der Waals surface area contributed by atoms with E-state index in [2.05, 4.69) is 51.9 Å². The Hall–Kier alpha value is -0.216. The molecule has 1 radical (unpaired) electrons. The maximum absolute atomic E-state index is 11.8. The van der Waals surface area contributed by atoms with E-state index in [0.717, 1.165) is 25.1 Å². The maximum Gasteiger partial charge on any atom is 0.111 e. The molecular formula is C19H35N3OY-2. The predicted molar refractivity (Wildman–Crippen MR) is 96.8 cm³/mol. The Morgan fingerprint density at radius 3 is 2.12 bits per heavy atom. The largest absolute Gasteiger partial charge is 0.333 e. The topological polar surface area (TPSA) is 47.8 Å². The fourth-order valence-electron chi connectivity index (χ4n) is 2.21. The smallest absolute Gasteiger partial charge is 0.111 e. The molecule has 1 aromatic rings. The zero-order chi connectivity index (χ0) is 18.3. The summed E-state index contributed by atoms with van der Waals surface area (Å²) in [7, 11) is 0. The van der Waals surface area contributed by atoms with Gasteiger partial charge in [-0.15, -0.1) is 5.92 Å². The summed E-state index contributed by atoms with van der Waals surface area (Å²) < 4.78 is 1.83. The summed E-state index contributed by atoms with van der Waals surface area (Å²) in [6.07, 6.45) is 5.06. The number of rotatable bonds is 5. The molecule has 24 heavy (non-hydrogen) atoms. The molecule has 0 saturated carbocycles. The molecule has 0 aromatic carbocycles. The monoisotopic (exact) mass is 410 g/mol. The number of Topliss-reactive ketones (excluding diaryl/α,β-unsaturated/α-hetero) is 1. The number of aromatic nitrogens is 3. The number of ketones is 1. The predicted octanol–water partition coefficient (Wildman–Crippen LogP) is 4.75. The van der Waals surface area contributed by atoms with Crippen molar-refractivity contribution in [2.24, 2.45) is 16.7 Å². The molecule has 0 aliphatic heterocycles. The van der Waals surface area contributed by atoms with Crippen molar-refractivity contribution in [3.8, 4) is 0 Å². The van der Waals surface area contributed by atoms with E-state index in [9.17, 15) is 4.79 Å². The molecule has 1 unspecified atom stereocenters. The number of nitrogens with zero attached hydrogens (tertiary/aromatic N) is 3. The average Bonchev–Trinajstić information content (AvgIpc) is 2.79. The molecule has 0 N–H and O–H groups in total. The van der Waals surface area contributed by atoms with Crippen molar-refractivity contribution in [3.63, 3.8) is 0 Å². The van der Waals surface area contributed by atoms with Gasteiger partial charge in [0, 0.05) is 44.7 Å². The fraction of sp³-hybridized carbons (Fsp3) is 0.737. The van der Waals surface area contributed by atoms with Crippen molar-refractivity contribution < 1.29 is 37.5 Å². The van der Waals surface area contributed by atoms with Gasteiger partial charge in [0.05, 0.1) is 0 Å². The molecule has 0 aliphatic rings. The minimum atomic E-state index is -0.252. The Bertz CT molecular complexity index is 470. The van der Waals surface area contributed by atoms with E-state index in [-0.39, 0.29) is 55.2 Å². The van der Waals surface area contributed by atoms with Crippen molar-refractivity contribution in [1.82, 2.24) is 15.0 Å². The molecule has 0 saturated heterocycles. The van der Waals surface area contributed by atoms with Gasteiger partial charge in [-0.1, -0.05) is 78.4 Å². The van der Waals surface area contributed by atoms with Gasteiger partial charge in [-0.05, 0) is 11.8 Å². The summed E-state index contributed by atoms with van der Waals surface area (Å²) >= 11 is 0. The fourth-order valence-corrected chi connectivity index (χ4v) is 2.21. The van der Waals surface area contributed by atoms with Crippen LogP contribution in [-0.4, -0.2) is 20.8 Å². The Balaban J connectivity index is 0. The minimum absolute atomic E-state index is 0. The molecule has 1 rings (SSSR count). The molecule has 1 aromatic heterocycles. The molecule has 0 fully saturated rings. The van der Waals surface area contributed by atoms with Crippen LogP contribution in [0.5, 0.6) is 0 Å². The van der Waals surface area contributed by atoms with Crippen LogP contribution in [0.25, 0.3) is 0 Å². The average molecular weight is 410 g/mol. The van der Waals surface area contributed by atoms with Crippen LogP contribution >= 0.6 is 0 Å². The van der Waals surface area contributed by atoms with E-state index < -0.39 is 0 Å². The summed E-state index contributed by atoms with van der Waals surface area (Å²) in [6, 6.07) is 0. The van der Waals surface area contributed by atoms with E-state index in [1.807, 2.05) is 31.6 Å². The van der Waals surface area contributed by atoms with E-state index in [1.54, 1.807) is 0 Å². The van der Waals surface area contributed by atoms with Crippen LogP contribution in [0.3, 0.4) is 0 Å². The maximum atomic E-state index is 11.8. The Labute approximate surface area is 174 Å². The first-order chi connectivity index (χ1) is 10.4. The second-order valence-corrected chi connectivity index (χ2v) is 8.40. The third-order valence-corrected chi connectivity index (χ3v) is 3.30. The van der Waals surface area contributed by atoms with Crippen LogP contribution in [0.4, 0.5) is 0 Å². The second kappa shape index (κ2) is 11.4. The van der Waals surface area contributed by atoms with E-state index in [1.165, 1.54) is 6.42 Å². The van der Waals surface area contributed by atoms with Gasteiger partial charge >= 0.3 is 0 Å². The van der Waals surface area contributed by atoms with Crippen LogP contribution in [0, 0.1) is 30.6 Å². The Kier molecular flexibility index (Phi) is 12.4. The third kappa shape index (κ3) is 12.2. The molecule has 0 bridgehead atoms. The molecule has 1 heterocycles. The van der Waals surface area contributed by atoms with Gasteiger partial charge in [0.25, 0.3) is 0 Å². The molecule has 5 heteroatoms. The number of unbranched alkanes of at least 4 members (excludes halogenated alkanes) is 1. The van der Waals surface area contributed by atoms with Crippen molar-refractivity contribution in [3.05, 3.63) is 25.7 Å². The first-order valence-electron chi connectivity index (χ1n) is 8.46. The molecule has 0 amide bonds. The van der Waals surface area contributed by atoms with E-state index >= 15 is 0 Å². The molecule has 0 aliphatic carbocycles. The van der Waals surface area contributed by atoms with Gasteiger partial charge < -0.3 is 16.4 Å². The normalized spacial score (nSPS) is 12.7. The first kappa shape index (κ1) is 26.0. The molecule has 4 nitrogen and oxygen atoms in total. The summed E-state index contributed by atoms with van der Waals surface area (Å²) in [5, 5.41) is 7.63. The summed E-state index contributed by atoms with van der Waals surface area (Å²) in [5.41, 5.74) is 0.682. The van der Waals surface area contributed by atoms with E-state index in [0.29, 0.717) is 0 Å². The van der Waals surface area contributed by atoms with Gasteiger partial charge in [0.2, 0.25) is 0 Å². The second-order valence-electron chi connectivity index (χ2n) is 8.40. The summed E-state index contributed by atoms with van der Waals surface area (Å²) in [5.74, 6) is 0.197. The molecular weight excluding hydrogens is 375 g/mol. The molecule has 0 spiro atoms. The third-order valence-electron chi connectivity index (χ3n) is 3.30. The van der Waals surface area contributed by atoms with Crippen LogP contribution in [-0.2, 0) is 44.0 Å². The molecule has 137 valence electrons. The van der Waals surface area contributed by atoms with Gasteiger partial charge in [-0.2, -0.15) is 5.10 Å². The SMILES string of the molecule is [CH2-]C(CC(C)(C)C)C(=O)C(C)(C)C.[CH2-]c1cn(CCCC)nn1.[Y]. The number of aryl methyl sites for hydroxylation is 1. The van der Waals surface area contributed by atoms with Crippen molar-refractivity contribution >= 4 is 5.78 Å². The van der Waals surface area contributed by atoms with Crippen LogP contribution in [0.15, 0.2) is 6.20 Å². The van der Waals surface area contributed by atoms with Gasteiger partial charge in [-0.3, -0.25) is 0 Å². The van der Waals surface area contributed by atoms with Gasteiger partial charge in [-0.25, -0.2) is 6.92 Å². The van der Waals surface area contributed by atoms with Crippen LogP contribution in [0.1, 0.15) is 73.4 Å². The van der Waals surface area contributed by atoms with Gasteiger partial charge in [0.1, 0.15) is 5.78 Å².